The molecule has 4 nitrogen and oxygen atoms in total. The van der Waals surface area contributed by atoms with E-state index in [2.05, 4.69) is 0 Å². The molecule has 0 unspecified atom stereocenters. The third kappa shape index (κ3) is 1.42. The van der Waals surface area contributed by atoms with Crippen molar-refractivity contribution in [2.45, 2.75) is 0 Å². The van der Waals surface area contributed by atoms with Gasteiger partial charge in [-0.25, -0.2) is 0 Å². The lowest BCUT2D eigenvalue weighted by Crippen LogP contribution is -1.92. The van der Waals surface area contributed by atoms with E-state index in [1.807, 2.05) is 0 Å². The fourth-order valence-electron chi connectivity index (χ4n) is 1.22. The number of hydrogen-bond acceptors (Lipinski definition) is 4. The molecular formula is C10H8O4. The van der Waals surface area contributed by atoms with Crippen molar-refractivity contribution in [1.29, 1.82) is 0 Å². The molecule has 0 radical (unpaired) electrons. The molecule has 0 fully saturated rings. The predicted molar refractivity (Wildman–Crippen MR) is 49.3 cm³/mol. The molecule has 1 aromatic carbocycles. The summed E-state index contributed by atoms with van der Waals surface area (Å²) in [6, 6.07) is 3.09. The Bertz CT molecular complexity index is 395. The molecule has 0 saturated heterocycles. The second-order valence-electron chi connectivity index (χ2n) is 2.76. The fraction of sp³-hybridized carbons (Fsp3) is 0.100. The molecule has 0 spiro atoms. The maximum absolute atomic E-state index is 10.1. The van der Waals surface area contributed by atoms with Crippen LogP contribution in [0.15, 0.2) is 18.2 Å². The smallest absolute Gasteiger partial charge is 0.231 e. The number of benzene rings is 1. The van der Waals surface area contributed by atoms with Crippen LogP contribution in [0.1, 0.15) is 5.56 Å². The number of allylic oxidation sites excluding steroid dienone is 1. The van der Waals surface area contributed by atoms with Gasteiger partial charge in [-0.1, -0.05) is 0 Å². The molecule has 1 N–H and O–H groups in total. The molecule has 0 aliphatic carbocycles. The summed E-state index contributed by atoms with van der Waals surface area (Å²) in [6.07, 6.45) is 3.45. The number of hydrogen-bond donors (Lipinski definition) is 1. The number of rotatable bonds is 2. The largest absolute Gasteiger partial charge is 0.507 e. The summed E-state index contributed by atoms with van der Waals surface area (Å²) in [7, 11) is 0. The molecule has 0 bridgehead atoms. The van der Waals surface area contributed by atoms with Gasteiger partial charge in [-0.05, 0) is 18.2 Å². The number of ether oxygens (including phenoxy) is 2. The van der Waals surface area contributed by atoms with Crippen LogP contribution in [0.25, 0.3) is 6.08 Å². The maximum Gasteiger partial charge on any atom is 0.231 e. The summed E-state index contributed by atoms with van der Waals surface area (Å²) < 4.78 is 10.2. The highest BCUT2D eigenvalue weighted by Gasteiger charge is 2.15. The molecular weight excluding hydrogens is 184 g/mol. The molecule has 4 heteroatoms. The first kappa shape index (κ1) is 8.62. The molecule has 1 aliphatic rings. The zero-order chi connectivity index (χ0) is 9.97. The Hall–Kier alpha value is -1.97. The Balaban J connectivity index is 2.42. The van der Waals surface area contributed by atoms with Gasteiger partial charge in [0.15, 0.2) is 11.5 Å². The second kappa shape index (κ2) is 3.41. The van der Waals surface area contributed by atoms with Gasteiger partial charge >= 0.3 is 0 Å². The van der Waals surface area contributed by atoms with Crippen LogP contribution < -0.4 is 9.47 Å². The number of phenolic OH excluding ortho intramolecular Hbond substituents is 1. The number of aromatic hydroxyl groups is 1. The van der Waals surface area contributed by atoms with E-state index in [0.717, 1.165) is 0 Å². The van der Waals surface area contributed by atoms with Gasteiger partial charge in [-0.15, -0.1) is 0 Å². The van der Waals surface area contributed by atoms with Crippen LogP contribution in [-0.4, -0.2) is 18.2 Å². The summed E-state index contributed by atoms with van der Waals surface area (Å²) in [6.45, 7) is 0.162. The zero-order valence-corrected chi connectivity index (χ0v) is 7.27. The number of aldehydes is 1. The summed E-state index contributed by atoms with van der Waals surface area (Å²) >= 11 is 0. The fourth-order valence-corrected chi connectivity index (χ4v) is 1.22. The minimum Gasteiger partial charge on any atom is -0.507 e. The summed E-state index contributed by atoms with van der Waals surface area (Å²) in [5.41, 5.74) is 0.529. The van der Waals surface area contributed by atoms with E-state index in [9.17, 15) is 9.90 Å². The monoisotopic (exact) mass is 192 g/mol. The van der Waals surface area contributed by atoms with Crippen molar-refractivity contribution in [1.82, 2.24) is 0 Å². The Morgan fingerprint density at radius 3 is 2.71 bits per heavy atom. The van der Waals surface area contributed by atoms with Crippen LogP contribution in [0, 0.1) is 0 Å². The summed E-state index contributed by atoms with van der Waals surface area (Å²) in [5, 5.41) is 9.50. The lowest BCUT2D eigenvalue weighted by molar-refractivity contribution is -0.104. The molecule has 0 aromatic heterocycles. The van der Waals surface area contributed by atoms with Crippen LogP contribution in [0.2, 0.25) is 0 Å². The minimum absolute atomic E-state index is 0.0624. The average Bonchev–Trinajstić information content (AvgIpc) is 2.61. The van der Waals surface area contributed by atoms with Crippen LogP contribution in [0.4, 0.5) is 0 Å². The van der Waals surface area contributed by atoms with Gasteiger partial charge in [0, 0.05) is 11.6 Å². The molecule has 0 amide bonds. The van der Waals surface area contributed by atoms with Crippen molar-refractivity contribution in [3.05, 3.63) is 23.8 Å². The highest BCUT2D eigenvalue weighted by molar-refractivity contribution is 5.76. The number of phenols is 1. The van der Waals surface area contributed by atoms with Crippen molar-refractivity contribution in [2.24, 2.45) is 0 Å². The summed E-state index contributed by atoms with van der Waals surface area (Å²) in [4.78, 5) is 10.1. The number of fused-ring (bicyclic) bond motifs is 1. The molecule has 72 valence electrons. The van der Waals surface area contributed by atoms with Crippen molar-refractivity contribution in [3.8, 4) is 17.2 Å². The molecule has 1 heterocycles. The van der Waals surface area contributed by atoms with Crippen molar-refractivity contribution >= 4 is 12.4 Å². The number of carbonyl (C=O) groups is 1. The van der Waals surface area contributed by atoms with Gasteiger partial charge in [-0.3, -0.25) is 4.79 Å². The zero-order valence-electron chi connectivity index (χ0n) is 7.27. The molecule has 1 aromatic rings. The maximum atomic E-state index is 10.1. The van der Waals surface area contributed by atoms with E-state index in [1.54, 1.807) is 6.07 Å². The first-order valence-corrected chi connectivity index (χ1v) is 4.05. The molecule has 0 saturated carbocycles. The topological polar surface area (TPSA) is 55.8 Å². The van der Waals surface area contributed by atoms with Crippen LogP contribution >= 0.6 is 0 Å². The highest BCUT2D eigenvalue weighted by Crippen LogP contribution is 2.37. The Kier molecular flexibility index (Phi) is 2.10. The molecule has 0 atom stereocenters. The van der Waals surface area contributed by atoms with Gasteiger partial charge in [0.2, 0.25) is 6.79 Å². The van der Waals surface area contributed by atoms with E-state index in [1.165, 1.54) is 18.2 Å². The van der Waals surface area contributed by atoms with Crippen LogP contribution in [0.3, 0.4) is 0 Å². The lowest BCUT2D eigenvalue weighted by atomic mass is 10.1. The Morgan fingerprint density at radius 1 is 1.29 bits per heavy atom. The second-order valence-corrected chi connectivity index (χ2v) is 2.76. The van der Waals surface area contributed by atoms with Crippen molar-refractivity contribution in [2.75, 3.05) is 6.79 Å². The standard InChI is InChI=1S/C10H8O4/c11-3-1-2-7-4-9-10(5-8(7)12)14-6-13-9/h1-5,12H,6H2/b2-1+. The third-order valence-electron chi connectivity index (χ3n) is 1.88. The normalized spacial score (nSPS) is 13.4. The van der Waals surface area contributed by atoms with E-state index >= 15 is 0 Å². The van der Waals surface area contributed by atoms with Crippen LogP contribution in [-0.2, 0) is 4.79 Å². The average molecular weight is 192 g/mol. The van der Waals surface area contributed by atoms with E-state index < -0.39 is 0 Å². The Labute approximate surface area is 80.4 Å². The van der Waals surface area contributed by atoms with Gasteiger partial charge in [-0.2, -0.15) is 0 Å². The van der Waals surface area contributed by atoms with Crippen LogP contribution in [0.5, 0.6) is 17.2 Å². The first-order valence-electron chi connectivity index (χ1n) is 4.05. The van der Waals surface area contributed by atoms with E-state index in [-0.39, 0.29) is 12.5 Å². The van der Waals surface area contributed by atoms with Gasteiger partial charge < -0.3 is 14.6 Å². The lowest BCUT2D eigenvalue weighted by Gasteiger charge is -2.00. The van der Waals surface area contributed by atoms with E-state index in [4.69, 9.17) is 9.47 Å². The Morgan fingerprint density at radius 2 is 2.00 bits per heavy atom. The van der Waals surface area contributed by atoms with Gasteiger partial charge in [0.25, 0.3) is 0 Å². The molecule has 14 heavy (non-hydrogen) atoms. The van der Waals surface area contributed by atoms with Crippen molar-refractivity contribution < 1.29 is 19.4 Å². The minimum atomic E-state index is 0.0624. The SMILES string of the molecule is O=C/C=C/c1cc2c(cc1O)OCO2. The van der Waals surface area contributed by atoms with Gasteiger partial charge in [0.1, 0.15) is 12.0 Å². The van der Waals surface area contributed by atoms with Gasteiger partial charge in [0.05, 0.1) is 0 Å². The summed E-state index contributed by atoms with van der Waals surface area (Å²) in [5.74, 6) is 1.16. The number of carbonyl (C=O) groups excluding carboxylic acids is 1. The highest BCUT2D eigenvalue weighted by atomic mass is 16.7. The molecule has 2 rings (SSSR count). The third-order valence-corrected chi connectivity index (χ3v) is 1.88. The molecule has 1 aliphatic heterocycles. The van der Waals surface area contributed by atoms with Crippen molar-refractivity contribution in [3.63, 3.8) is 0 Å². The quantitative estimate of drug-likeness (QED) is 0.567. The first-order chi connectivity index (χ1) is 6.81. The van der Waals surface area contributed by atoms with E-state index in [0.29, 0.717) is 23.3 Å². The predicted octanol–water partition coefficient (Wildman–Crippen LogP) is 1.33.